The molecule has 0 spiro atoms. The molecule has 2 rings (SSSR count). The molecule has 3 nitrogen and oxygen atoms in total. The van der Waals surface area contributed by atoms with Gasteiger partial charge in [0, 0.05) is 12.2 Å². The van der Waals surface area contributed by atoms with Crippen molar-refractivity contribution in [1.29, 1.82) is 0 Å². The first-order valence-electron chi connectivity index (χ1n) is 8.04. The van der Waals surface area contributed by atoms with Gasteiger partial charge in [-0.05, 0) is 57.2 Å². The van der Waals surface area contributed by atoms with Gasteiger partial charge in [0.25, 0.3) is 0 Å². The van der Waals surface area contributed by atoms with Crippen LogP contribution in [0.25, 0.3) is 0 Å². The van der Waals surface area contributed by atoms with Gasteiger partial charge in [-0.1, -0.05) is 19.8 Å². The van der Waals surface area contributed by atoms with Gasteiger partial charge in [-0.15, -0.1) is 0 Å². The standard InChI is InChI=1S/C17H28N2O/c1-4-19-16-8-6-5-7-14(9-16)15-10-17(12-18-11-15)20-13(2)3/h10-14,16,19H,4-9H2,1-3H3. The number of nitrogens with one attached hydrogen (secondary N) is 1. The highest BCUT2D eigenvalue weighted by molar-refractivity contribution is 5.27. The first kappa shape index (κ1) is 15.3. The van der Waals surface area contributed by atoms with Crippen LogP contribution in [0.3, 0.4) is 0 Å². The average Bonchev–Trinajstić information content (AvgIpc) is 2.64. The lowest BCUT2D eigenvalue weighted by Gasteiger charge is -2.21. The van der Waals surface area contributed by atoms with Gasteiger partial charge >= 0.3 is 0 Å². The number of aromatic nitrogens is 1. The Morgan fingerprint density at radius 1 is 1.30 bits per heavy atom. The quantitative estimate of drug-likeness (QED) is 0.828. The van der Waals surface area contributed by atoms with Crippen LogP contribution in [0.4, 0.5) is 0 Å². The van der Waals surface area contributed by atoms with Gasteiger partial charge in [-0.25, -0.2) is 0 Å². The van der Waals surface area contributed by atoms with Crippen LogP contribution >= 0.6 is 0 Å². The summed E-state index contributed by atoms with van der Waals surface area (Å²) in [4.78, 5) is 4.37. The van der Waals surface area contributed by atoms with Crippen LogP contribution in [-0.4, -0.2) is 23.7 Å². The first-order chi connectivity index (χ1) is 9.69. The molecule has 0 saturated heterocycles. The van der Waals surface area contributed by atoms with E-state index in [4.69, 9.17) is 4.74 Å². The molecule has 0 aliphatic heterocycles. The van der Waals surface area contributed by atoms with Crippen LogP contribution in [0.1, 0.15) is 64.4 Å². The van der Waals surface area contributed by atoms with E-state index in [0.717, 1.165) is 12.3 Å². The van der Waals surface area contributed by atoms with Gasteiger partial charge in [-0.3, -0.25) is 4.98 Å². The lowest BCUT2D eigenvalue weighted by atomic mass is 9.91. The normalized spacial score (nSPS) is 23.6. The SMILES string of the molecule is CCNC1CCCCC(c2cncc(OC(C)C)c2)C1. The van der Waals surface area contributed by atoms with E-state index in [1.165, 1.54) is 37.7 Å². The Labute approximate surface area is 123 Å². The third kappa shape index (κ3) is 4.48. The van der Waals surface area contributed by atoms with E-state index in [1.54, 1.807) is 0 Å². The van der Waals surface area contributed by atoms with Gasteiger partial charge in [0.2, 0.25) is 0 Å². The second-order valence-corrected chi connectivity index (χ2v) is 6.09. The van der Waals surface area contributed by atoms with E-state index >= 15 is 0 Å². The lowest BCUT2D eigenvalue weighted by molar-refractivity contribution is 0.241. The molecule has 1 aromatic heterocycles. The highest BCUT2D eigenvalue weighted by Gasteiger charge is 2.21. The van der Waals surface area contributed by atoms with Crippen molar-refractivity contribution in [2.45, 2.75) is 70.9 Å². The maximum atomic E-state index is 5.77. The highest BCUT2D eigenvalue weighted by Crippen LogP contribution is 2.32. The Hall–Kier alpha value is -1.09. The Morgan fingerprint density at radius 2 is 2.10 bits per heavy atom. The number of ether oxygens (including phenoxy) is 1. The van der Waals surface area contributed by atoms with Crippen molar-refractivity contribution in [1.82, 2.24) is 10.3 Å². The summed E-state index contributed by atoms with van der Waals surface area (Å²) in [6.07, 6.45) is 10.5. The van der Waals surface area contributed by atoms with E-state index in [9.17, 15) is 0 Å². The smallest absolute Gasteiger partial charge is 0.138 e. The fourth-order valence-corrected chi connectivity index (χ4v) is 3.13. The highest BCUT2D eigenvalue weighted by atomic mass is 16.5. The molecule has 0 bridgehead atoms. The van der Waals surface area contributed by atoms with Crippen molar-refractivity contribution in [2.75, 3.05) is 6.54 Å². The Morgan fingerprint density at radius 3 is 2.85 bits per heavy atom. The summed E-state index contributed by atoms with van der Waals surface area (Å²) in [5.74, 6) is 1.52. The summed E-state index contributed by atoms with van der Waals surface area (Å²) < 4.78 is 5.77. The van der Waals surface area contributed by atoms with E-state index in [-0.39, 0.29) is 6.10 Å². The molecule has 1 N–H and O–H groups in total. The summed E-state index contributed by atoms with van der Waals surface area (Å²) in [6.45, 7) is 7.36. The van der Waals surface area contributed by atoms with Gasteiger partial charge < -0.3 is 10.1 Å². The number of pyridine rings is 1. The molecule has 1 fully saturated rings. The number of rotatable bonds is 5. The van der Waals surface area contributed by atoms with Gasteiger partial charge in [0.15, 0.2) is 0 Å². The van der Waals surface area contributed by atoms with Crippen LogP contribution in [0, 0.1) is 0 Å². The number of nitrogens with zero attached hydrogens (tertiary/aromatic N) is 1. The van der Waals surface area contributed by atoms with E-state index < -0.39 is 0 Å². The molecular weight excluding hydrogens is 248 g/mol. The number of hydrogen-bond donors (Lipinski definition) is 1. The summed E-state index contributed by atoms with van der Waals surface area (Å²) in [5, 5.41) is 3.62. The molecule has 0 radical (unpaired) electrons. The van der Waals surface area contributed by atoms with Crippen LogP contribution in [0.15, 0.2) is 18.5 Å². The van der Waals surface area contributed by atoms with Crippen molar-refractivity contribution in [2.24, 2.45) is 0 Å². The third-order valence-corrected chi connectivity index (χ3v) is 3.99. The van der Waals surface area contributed by atoms with Gasteiger partial charge in [-0.2, -0.15) is 0 Å². The number of hydrogen-bond acceptors (Lipinski definition) is 3. The maximum Gasteiger partial charge on any atom is 0.138 e. The molecule has 1 aliphatic carbocycles. The summed E-state index contributed by atoms with van der Waals surface area (Å²) in [5.41, 5.74) is 1.34. The zero-order valence-electron chi connectivity index (χ0n) is 13.1. The second kappa shape index (κ2) is 7.63. The Balaban J connectivity index is 2.08. The van der Waals surface area contributed by atoms with E-state index in [1.807, 2.05) is 12.4 Å². The summed E-state index contributed by atoms with van der Waals surface area (Å²) in [7, 11) is 0. The zero-order chi connectivity index (χ0) is 14.4. The average molecular weight is 276 g/mol. The predicted molar refractivity (Wildman–Crippen MR) is 83.3 cm³/mol. The van der Waals surface area contributed by atoms with Crippen molar-refractivity contribution < 1.29 is 4.74 Å². The monoisotopic (exact) mass is 276 g/mol. The Kier molecular flexibility index (Phi) is 5.84. The predicted octanol–water partition coefficient (Wildman–Crippen LogP) is 3.89. The molecule has 3 heteroatoms. The molecule has 2 atom stereocenters. The minimum atomic E-state index is 0.204. The molecule has 2 unspecified atom stereocenters. The second-order valence-electron chi connectivity index (χ2n) is 6.09. The molecule has 20 heavy (non-hydrogen) atoms. The van der Waals surface area contributed by atoms with E-state index in [2.05, 4.69) is 37.1 Å². The van der Waals surface area contributed by atoms with Crippen molar-refractivity contribution in [3.63, 3.8) is 0 Å². The fraction of sp³-hybridized carbons (Fsp3) is 0.706. The molecule has 1 aromatic rings. The van der Waals surface area contributed by atoms with Crippen LogP contribution < -0.4 is 10.1 Å². The van der Waals surface area contributed by atoms with Crippen LogP contribution in [-0.2, 0) is 0 Å². The van der Waals surface area contributed by atoms with Crippen LogP contribution in [0.5, 0.6) is 5.75 Å². The molecule has 1 saturated carbocycles. The third-order valence-electron chi connectivity index (χ3n) is 3.99. The zero-order valence-corrected chi connectivity index (χ0v) is 13.1. The Bertz CT molecular complexity index is 406. The largest absolute Gasteiger partial charge is 0.489 e. The van der Waals surface area contributed by atoms with Crippen molar-refractivity contribution in [3.8, 4) is 5.75 Å². The molecule has 112 valence electrons. The summed E-state index contributed by atoms with van der Waals surface area (Å²) in [6, 6.07) is 2.84. The molecule has 1 aliphatic rings. The first-order valence-corrected chi connectivity index (χ1v) is 8.04. The summed E-state index contributed by atoms with van der Waals surface area (Å²) >= 11 is 0. The van der Waals surface area contributed by atoms with Crippen molar-refractivity contribution >= 4 is 0 Å². The molecular formula is C17H28N2O. The van der Waals surface area contributed by atoms with Crippen molar-refractivity contribution in [3.05, 3.63) is 24.0 Å². The van der Waals surface area contributed by atoms with E-state index in [0.29, 0.717) is 12.0 Å². The fourth-order valence-electron chi connectivity index (χ4n) is 3.13. The molecule has 0 amide bonds. The maximum absolute atomic E-state index is 5.77. The van der Waals surface area contributed by atoms with Gasteiger partial charge in [0.1, 0.15) is 5.75 Å². The minimum Gasteiger partial charge on any atom is -0.489 e. The van der Waals surface area contributed by atoms with Crippen LogP contribution in [0.2, 0.25) is 0 Å². The lowest BCUT2D eigenvalue weighted by Crippen LogP contribution is -2.29. The molecule has 1 heterocycles. The van der Waals surface area contributed by atoms with Gasteiger partial charge in [0.05, 0.1) is 12.3 Å². The topological polar surface area (TPSA) is 34.2 Å². The molecule has 0 aromatic carbocycles. The minimum absolute atomic E-state index is 0.204.